The minimum atomic E-state index is 0.0626. The second-order valence-electron chi connectivity index (χ2n) is 5.45. The molecule has 116 valence electrons. The van der Waals surface area contributed by atoms with Gasteiger partial charge in [-0.25, -0.2) is 4.98 Å². The summed E-state index contributed by atoms with van der Waals surface area (Å²) in [7, 11) is 1.65. The number of methoxy groups -OCH3 is 1. The lowest BCUT2D eigenvalue weighted by molar-refractivity contribution is 0.101. The number of H-pyrrole nitrogens is 1. The van der Waals surface area contributed by atoms with Crippen molar-refractivity contribution >= 4 is 29.0 Å². The third-order valence-electron chi connectivity index (χ3n) is 3.90. The van der Waals surface area contributed by atoms with Crippen LogP contribution in [0.3, 0.4) is 0 Å². The first kappa shape index (κ1) is 15.0. The Bertz CT molecular complexity index is 907. The van der Waals surface area contributed by atoms with Gasteiger partial charge in [0, 0.05) is 23.5 Å². The van der Waals surface area contributed by atoms with Crippen LogP contribution in [0.15, 0.2) is 36.7 Å². The summed E-state index contributed by atoms with van der Waals surface area (Å²) in [6, 6.07) is 7.66. The Morgan fingerprint density at radius 3 is 2.74 bits per heavy atom. The van der Waals surface area contributed by atoms with Gasteiger partial charge in [0.2, 0.25) is 0 Å². The van der Waals surface area contributed by atoms with E-state index in [9.17, 15) is 4.79 Å². The average molecular weight is 306 g/mol. The molecule has 23 heavy (non-hydrogen) atoms. The number of pyridine rings is 1. The molecule has 3 aromatic rings. The summed E-state index contributed by atoms with van der Waals surface area (Å²) in [4.78, 5) is 19.0. The minimum absolute atomic E-state index is 0.0626. The third-order valence-corrected chi connectivity index (χ3v) is 3.90. The van der Waals surface area contributed by atoms with E-state index in [2.05, 4.69) is 9.97 Å². The highest BCUT2D eigenvalue weighted by Gasteiger charge is 2.08. The molecule has 1 aromatic carbocycles. The van der Waals surface area contributed by atoms with Gasteiger partial charge in [-0.1, -0.05) is 18.2 Å². The molecule has 0 spiro atoms. The van der Waals surface area contributed by atoms with Crippen molar-refractivity contribution in [2.45, 2.75) is 13.8 Å². The molecule has 0 fully saturated rings. The molecule has 0 aliphatic carbocycles. The maximum absolute atomic E-state index is 11.5. The number of carbonyl (C=O) groups is 1. The highest BCUT2D eigenvalue weighted by molar-refractivity contribution is 5.95. The Balaban J connectivity index is 2.03. The van der Waals surface area contributed by atoms with Crippen LogP contribution in [0.25, 0.3) is 23.2 Å². The fraction of sp³-hybridized carbons (Fsp3) is 0.158. The van der Waals surface area contributed by atoms with Crippen LogP contribution in [0.1, 0.15) is 34.0 Å². The standard InChI is InChI=1S/C19H18N2O2/c1-12-4-5-15(13(2)22)10-14(12)6-7-16-11-21-19-17(8-9-20-19)18(16)23-3/h4-11H,1-3H3,(H,20,21). The molecule has 3 rings (SSSR count). The summed E-state index contributed by atoms with van der Waals surface area (Å²) in [6.07, 6.45) is 7.57. The molecular weight excluding hydrogens is 288 g/mol. The number of hydrogen-bond donors (Lipinski definition) is 1. The number of aromatic amines is 1. The van der Waals surface area contributed by atoms with E-state index in [1.165, 1.54) is 0 Å². The number of nitrogens with one attached hydrogen (secondary N) is 1. The number of benzene rings is 1. The maximum atomic E-state index is 11.5. The number of ether oxygens (including phenoxy) is 1. The molecule has 0 aliphatic heterocycles. The fourth-order valence-electron chi connectivity index (χ4n) is 2.56. The van der Waals surface area contributed by atoms with Crippen molar-refractivity contribution in [3.8, 4) is 5.75 Å². The minimum Gasteiger partial charge on any atom is -0.495 e. The van der Waals surface area contributed by atoms with Gasteiger partial charge in [0.15, 0.2) is 5.78 Å². The van der Waals surface area contributed by atoms with Crippen LogP contribution in [0.4, 0.5) is 0 Å². The molecule has 0 amide bonds. The van der Waals surface area contributed by atoms with E-state index in [1.54, 1.807) is 20.2 Å². The highest BCUT2D eigenvalue weighted by atomic mass is 16.5. The van der Waals surface area contributed by atoms with Crippen LogP contribution in [-0.4, -0.2) is 22.9 Å². The van der Waals surface area contributed by atoms with Crippen molar-refractivity contribution < 1.29 is 9.53 Å². The van der Waals surface area contributed by atoms with E-state index in [0.29, 0.717) is 5.56 Å². The van der Waals surface area contributed by atoms with Crippen LogP contribution in [-0.2, 0) is 0 Å². The maximum Gasteiger partial charge on any atom is 0.159 e. The Labute approximate surface area is 134 Å². The van der Waals surface area contributed by atoms with E-state index >= 15 is 0 Å². The molecule has 1 N–H and O–H groups in total. The third kappa shape index (κ3) is 2.88. The number of nitrogens with zero attached hydrogens (tertiary/aromatic N) is 1. The van der Waals surface area contributed by atoms with Crippen LogP contribution in [0.5, 0.6) is 5.75 Å². The smallest absolute Gasteiger partial charge is 0.159 e. The zero-order chi connectivity index (χ0) is 16.4. The van der Waals surface area contributed by atoms with Crippen LogP contribution < -0.4 is 4.74 Å². The largest absolute Gasteiger partial charge is 0.495 e. The van der Waals surface area contributed by atoms with Crippen molar-refractivity contribution in [3.63, 3.8) is 0 Å². The fourth-order valence-corrected chi connectivity index (χ4v) is 2.56. The van der Waals surface area contributed by atoms with Gasteiger partial charge >= 0.3 is 0 Å². The zero-order valence-electron chi connectivity index (χ0n) is 13.4. The molecule has 0 radical (unpaired) electrons. The Hall–Kier alpha value is -2.88. The monoisotopic (exact) mass is 306 g/mol. The SMILES string of the molecule is COc1c(C=Cc2cc(C(C)=O)ccc2C)cnc2[nH]ccc12. The second-order valence-corrected chi connectivity index (χ2v) is 5.45. The molecule has 0 aliphatic rings. The van der Waals surface area contributed by atoms with Crippen LogP contribution in [0.2, 0.25) is 0 Å². The molecule has 0 saturated carbocycles. The summed E-state index contributed by atoms with van der Waals surface area (Å²) in [5, 5.41) is 0.948. The number of rotatable bonds is 4. The quantitative estimate of drug-likeness (QED) is 0.733. The van der Waals surface area contributed by atoms with Gasteiger partial charge in [-0.3, -0.25) is 4.79 Å². The van der Waals surface area contributed by atoms with Gasteiger partial charge in [-0.05, 0) is 43.2 Å². The Morgan fingerprint density at radius 2 is 2.00 bits per heavy atom. The van der Waals surface area contributed by atoms with E-state index in [0.717, 1.165) is 33.5 Å². The summed E-state index contributed by atoms with van der Waals surface area (Å²) in [6.45, 7) is 3.60. The first-order valence-electron chi connectivity index (χ1n) is 7.40. The summed E-state index contributed by atoms with van der Waals surface area (Å²) in [5.74, 6) is 0.848. The molecule has 0 saturated heterocycles. The van der Waals surface area contributed by atoms with E-state index in [4.69, 9.17) is 4.74 Å². The van der Waals surface area contributed by atoms with Crippen molar-refractivity contribution in [1.82, 2.24) is 9.97 Å². The van der Waals surface area contributed by atoms with Crippen molar-refractivity contribution in [3.05, 3.63) is 58.9 Å². The van der Waals surface area contributed by atoms with E-state index in [1.807, 2.05) is 49.5 Å². The van der Waals surface area contributed by atoms with Gasteiger partial charge in [0.05, 0.1) is 12.5 Å². The molecule has 0 unspecified atom stereocenters. The molecule has 2 heterocycles. The van der Waals surface area contributed by atoms with Gasteiger partial charge in [-0.2, -0.15) is 0 Å². The normalized spacial score (nSPS) is 11.3. The molecule has 0 atom stereocenters. The molecule has 4 nitrogen and oxygen atoms in total. The van der Waals surface area contributed by atoms with Crippen molar-refractivity contribution in [2.24, 2.45) is 0 Å². The number of aromatic nitrogens is 2. The van der Waals surface area contributed by atoms with Crippen LogP contribution in [0, 0.1) is 6.92 Å². The first-order chi connectivity index (χ1) is 11.1. The molecule has 4 heteroatoms. The molecular formula is C19H18N2O2. The molecule has 0 bridgehead atoms. The lowest BCUT2D eigenvalue weighted by Crippen LogP contribution is -1.94. The lowest BCUT2D eigenvalue weighted by Gasteiger charge is -2.07. The number of aryl methyl sites for hydroxylation is 1. The number of fused-ring (bicyclic) bond motifs is 1. The van der Waals surface area contributed by atoms with Gasteiger partial charge in [0.25, 0.3) is 0 Å². The van der Waals surface area contributed by atoms with Crippen LogP contribution >= 0.6 is 0 Å². The lowest BCUT2D eigenvalue weighted by atomic mass is 10.0. The van der Waals surface area contributed by atoms with Crippen molar-refractivity contribution in [1.29, 1.82) is 0 Å². The number of carbonyl (C=O) groups excluding carboxylic acids is 1. The first-order valence-corrected chi connectivity index (χ1v) is 7.40. The highest BCUT2D eigenvalue weighted by Crippen LogP contribution is 2.29. The van der Waals surface area contributed by atoms with Crippen molar-refractivity contribution in [2.75, 3.05) is 7.11 Å². The predicted octanol–water partition coefficient (Wildman–Crippen LogP) is 4.25. The van der Waals surface area contributed by atoms with E-state index < -0.39 is 0 Å². The van der Waals surface area contributed by atoms with Gasteiger partial charge in [0.1, 0.15) is 11.4 Å². The second kappa shape index (κ2) is 6.08. The average Bonchev–Trinajstić information content (AvgIpc) is 3.01. The summed E-state index contributed by atoms with van der Waals surface area (Å²) >= 11 is 0. The summed E-state index contributed by atoms with van der Waals surface area (Å²) in [5.41, 5.74) is 4.53. The zero-order valence-corrected chi connectivity index (χ0v) is 13.4. The Kier molecular flexibility index (Phi) is 3.98. The van der Waals surface area contributed by atoms with Gasteiger partial charge < -0.3 is 9.72 Å². The Morgan fingerprint density at radius 1 is 1.22 bits per heavy atom. The van der Waals surface area contributed by atoms with E-state index in [-0.39, 0.29) is 5.78 Å². The summed E-state index contributed by atoms with van der Waals surface area (Å²) < 4.78 is 5.53. The predicted molar refractivity (Wildman–Crippen MR) is 92.8 cm³/mol. The van der Waals surface area contributed by atoms with Gasteiger partial charge in [-0.15, -0.1) is 0 Å². The number of Topliss-reactive ketones (excluding diaryl/α,β-unsaturated/α-hetero) is 1. The number of hydrogen-bond acceptors (Lipinski definition) is 3. The topological polar surface area (TPSA) is 55.0 Å². The number of ketones is 1. The molecule has 2 aromatic heterocycles.